The fraction of sp³-hybridized carbons (Fsp3) is 0.115. The Morgan fingerprint density at radius 3 is 2.30 bits per heavy atom. The number of carbonyl (C=O) groups is 3. The number of aryl methyl sites for hydroxylation is 1. The fourth-order valence-corrected chi connectivity index (χ4v) is 4.12. The molecule has 0 saturated heterocycles. The zero-order valence-electron chi connectivity index (χ0n) is 19.8. The van der Waals surface area contributed by atoms with E-state index >= 15 is 0 Å². The van der Waals surface area contributed by atoms with E-state index in [-0.39, 0.29) is 22.2 Å². The lowest BCUT2D eigenvalue weighted by molar-refractivity contribution is -0.120. The van der Waals surface area contributed by atoms with Gasteiger partial charge in [0, 0.05) is 23.0 Å². The van der Waals surface area contributed by atoms with Crippen molar-refractivity contribution in [2.45, 2.75) is 6.92 Å². The van der Waals surface area contributed by atoms with Crippen LogP contribution in [0.15, 0.2) is 65.3 Å². The molecule has 0 unspecified atom stereocenters. The maximum atomic E-state index is 13.3. The van der Waals surface area contributed by atoms with E-state index in [0.29, 0.717) is 38.3 Å². The van der Waals surface area contributed by atoms with Gasteiger partial charge in [0.15, 0.2) is 0 Å². The molecule has 3 aromatic rings. The number of anilines is 3. The molecule has 3 amide bonds. The summed E-state index contributed by atoms with van der Waals surface area (Å²) in [6, 6.07) is 14.3. The number of amides is 3. The third-order valence-corrected chi connectivity index (χ3v) is 6.68. The zero-order valence-corrected chi connectivity index (χ0v) is 22.1. The van der Waals surface area contributed by atoms with Crippen LogP contribution in [0.4, 0.5) is 17.1 Å². The van der Waals surface area contributed by atoms with Crippen LogP contribution in [0.2, 0.25) is 10.0 Å². The third kappa shape index (κ3) is 5.22. The Balaban J connectivity index is 1.60. The van der Waals surface area contributed by atoms with Gasteiger partial charge in [-0.3, -0.25) is 14.4 Å². The second-order valence-corrected chi connectivity index (χ2v) is 9.10. The summed E-state index contributed by atoms with van der Waals surface area (Å²) in [7, 11) is 2.90. The maximum absolute atomic E-state index is 13.3. The van der Waals surface area contributed by atoms with Crippen molar-refractivity contribution in [1.82, 2.24) is 0 Å². The number of carbonyl (C=O) groups excluding carboxylic acids is 3. The number of ether oxygens (including phenoxy) is 2. The summed E-state index contributed by atoms with van der Waals surface area (Å²) in [5.74, 6) is -1.07. The maximum Gasteiger partial charge on any atom is 0.283 e. The Kier molecular flexibility index (Phi) is 7.63. The molecular formula is C26H20Cl3N3O5. The van der Waals surface area contributed by atoms with Crippen LogP contribution in [-0.4, -0.2) is 31.9 Å². The topological polar surface area (TPSA) is 97.0 Å². The van der Waals surface area contributed by atoms with Crippen molar-refractivity contribution in [3.63, 3.8) is 0 Å². The minimum atomic E-state index is -0.719. The van der Waals surface area contributed by atoms with Gasteiger partial charge >= 0.3 is 0 Å². The quantitative estimate of drug-likeness (QED) is 0.344. The van der Waals surface area contributed by atoms with Crippen LogP contribution in [0.5, 0.6) is 11.5 Å². The first-order valence-electron chi connectivity index (χ1n) is 10.8. The lowest BCUT2D eigenvalue weighted by atomic mass is 10.1. The highest BCUT2D eigenvalue weighted by Crippen LogP contribution is 2.38. The molecule has 1 heterocycles. The van der Waals surface area contributed by atoms with Crippen LogP contribution in [0.25, 0.3) is 0 Å². The monoisotopic (exact) mass is 559 g/mol. The van der Waals surface area contributed by atoms with E-state index in [9.17, 15) is 14.4 Å². The summed E-state index contributed by atoms with van der Waals surface area (Å²) < 4.78 is 10.5. The molecule has 0 spiro atoms. The van der Waals surface area contributed by atoms with Crippen LogP contribution in [0, 0.1) is 6.92 Å². The molecular weight excluding hydrogens is 541 g/mol. The Morgan fingerprint density at radius 2 is 1.62 bits per heavy atom. The molecule has 0 aromatic heterocycles. The van der Waals surface area contributed by atoms with Gasteiger partial charge in [0.25, 0.3) is 17.7 Å². The van der Waals surface area contributed by atoms with Crippen molar-refractivity contribution in [2.24, 2.45) is 0 Å². The second kappa shape index (κ2) is 10.7. The summed E-state index contributed by atoms with van der Waals surface area (Å²) in [4.78, 5) is 40.0. The van der Waals surface area contributed by atoms with Gasteiger partial charge in [-0.05, 0) is 55.0 Å². The first-order valence-corrected chi connectivity index (χ1v) is 11.9. The molecule has 3 aromatic carbocycles. The Hall–Kier alpha value is -3.72. The van der Waals surface area contributed by atoms with Gasteiger partial charge in [-0.25, -0.2) is 4.90 Å². The normalized spacial score (nSPS) is 13.2. The number of hydrogen-bond donors (Lipinski definition) is 2. The predicted molar refractivity (Wildman–Crippen MR) is 144 cm³/mol. The Morgan fingerprint density at radius 1 is 0.865 bits per heavy atom. The van der Waals surface area contributed by atoms with Gasteiger partial charge in [0.05, 0.1) is 30.0 Å². The Labute approximate surface area is 227 Å². The number of halogens is 3. The Bertz CT molecular complexity index is 1470. The molecule has 0 saturated carbocycles. The molecule has 8 nitrogen and oxygen atoms in total. The highest BCUT2D eigenvalue weighted by molar-refractivity contribution is 6.53. The number of nitrogens with one attached hydrogen (secondary N) is 2. The van der Waals surface area contributed by atoms with E-state index in [1.807, 2.05) is 0 Å². The molecule has 1 aliphatic heterocycles. The average molecular weight is 561 g/mol. The molecule has 11 heteroatoms. The minimum Gasteiger partial charge on any atom is -0.497 e. The lowest BCUT2D eigenvalue weighted by Gasteiger charge is -2.19. The summed E-state index contributed by atoms with van der Waals surface area (Å²) in [6.45, 7) is 1.78. The van der Waals surface area contributed by atoms with Gasteiger partial charge in [-0.1, -0.05) is 40.9 Å². The molecule has 0 radical (unpaired) electrons. The minimum absolute atomic E-state index is 0.130. The molecule has 0 fully saturated rings. The van der Waals surface area contributed by atoms with Gasteiger partial charge in [-0.15, -0.1) is 0 Å². The van der Waals surface area contributed by atoms with Crippen LogP contribution < -0.4 is 25.0 Å². The number of hydrogen-bond acceptors (Lipinski definition) is 6. The largest absolute Gasteiger partial charge is 0.497 e. The summed E-state index contributed by atoms with van der Waals surface area (Å²) in [5.41, 5.74) is 1.96. The fourth-order valence-electron chi connectivity index (χ4n) is 3.61. The summed E-state index contributed by atoms with van der Waals surface area (Å²) >= 11 is 18.3. The van der Waals surface area contributed by atoms with E-state index in [4.69, 9.17) is 44.3 Å². The number of nitrogens with zero attached hydrogens (tertiary/aromatic N) is 1. The van der Waals surface area contributed by atoms with E-state index in [0.717, 1.165) is 4.90 Å². The van der Waals surface area contributed by atoms with Crippen molar-refractivity contribution in [1.29, 1.82) is 0 Å². The van der Waals surface area contributed by atoms with Crippen molar-refractivity contribution >= 4 is 69.6 Å². The SMILES string of the molecule is COc1ccc(N2C(=O)C(Cl)=C(Nc3cc(C(=O)Nc4ccc(Cl)c(Cl)c4)ccc3C)C2=O)c(OC)c1. The summed E-state index contributed by atoms with van der Waals surface area (Å²) in [5, 5.41) is 6.03. The second-order valence-electron chi connectivity index (χ2n) is 7.91. The van der Waals surface area contributed by atoms with E-state index in [2.05, 4.69) is 10.6 Å². The van der Waals surface area contributed by atoms with Gasteiger partial charge < -0.3 is 20.1 Å². The lowest BCUT2D eigenvalue weighted by Crippen LogP contribution is -2.32. The number of imide groups is 1. The van der Waals surface area contributed by atoms with Crippen molar-refractivity contribution in [3.05, 3.63) is 86.5 Å². The predicted octanol–water partition coefficient (Wildman–Crippen LogP) is 6.01. The van der Waals surface area contributed by atoms with Gasteiger partial charge in [-0.2, -0.15) is 0 Å². The highest BCUT2D eigenvalue weighted by Gasteiger charge is 2.40. The highest BCUT2D eigenvalue weighted by atomic mass is 35.5. The van der Waals surface area contributed by atoms with Crippen molar-refractivity contribution < 1.29 is 23.9 Å². The molecule has 0 bridgehead atoms. The first-order chi connectivity index (χ1) is 17.6. The zero-order chi connectivity index (χ0) is 26.9. The summed E-state index contributed by atoms with van der Waals surface area (Å²) in [6.07, 6.45) is 0. The van der Waals surface area contributed by atoms with Crippen LogP contribution in [0.1, 0.15) is 15.9 Å². The van der Waals surface area contributed by atoms with Crippen LogP contribution in [-0.2, 0) is 9.59 Å². The number of benzene rings is 3. The van der Waals surface area contributed by atoms with Gasteiger partial charge in [0.1, 0.15) is 22.2 Å². The van der Waals surface area contributed by atoms with Crippen LogP contribution in [0.3, 0.4) is 0 Å². The van der Waals surface area contributed by atoms with E-state index in [1.54, 1.807) is 49.4 Å². The number of methoxy groups -OCH3 is 2. The molecule has 37 heavy (non-hydrogen) atoms. The molecule has 4 rings (SSSR count). The molecule has 1 aliphatic rings. The smallest absolute Gasteiger partial charge is 0.283 e. The molecule has 0 atom stereocenters. The van der Waals surface area contributed by atoms with E-state index < -0.39 is 17.7 Å². The third-order valence-electron chi connectivity index (χ3n) is 5.59. The number of rotatable bonds is 7. The van der Waals surface area contributed by atoms with E-state index in [1.165, 1.54) is 26.4 Å². The molecule has 2 N–H and O–H groups in total. The van der Waals surface area contributed by atoms with Gasteiger partial charge in [0.2, 0.25) is 0 Å². The standard InChI is InChI=1S/C26H20Cl3N3O5/c1-13-4-5-14(24(33)30-15-6-8-17(27)18(28)11-15)10-19(13)31-23-22(29)25(34)32(26(23)35)20-9-7-16(36-2)12-21(20)37-3/h4-12,31H,1-3H3,(H,30,33). The molecule has 0 aliphatic carbocycles. The van der Waals surface area contributed by atoms with Crippen LogP contribution >= 0.6 is 34.8 Å². The molecule has 190 valence electrons. The first kappa shape index (κ1) is 26.3. The van der Waals surface area contributed by atoms with Crippen molar-refractivity contribution in [2.75, 3.05) is 29.8 Å². The average Bonchev–Trinajstić information content (AvgIpc) is 3.09. The van der Waals surface area contributed by atoms with Crippen molar-refractivity contribution in [3.8, 4) is 11.5 Å².